The number of unbranched alkanes of at least 4 members (excludes halogenated alkanes) is 2. The number of hydrogen-bond donors (Lipinski definition) is 2. The molecule has 0 unspecified atom stereocenters. The van der Waals surface area contributed by atoms with Crippen molar-refractivity contribution in [2.45, 2.75) is 37.1 Å². The summed E-state index contributed by atoms with van der Waals surface area (Å²) in [6, 6.07) is 8.55. The summed E-state index contributed by atoms with van der Waals surface area (Å²) >= 11 is 1.75. The molecule has 0 aliphatic rings. The normalized spacial score (nSPS) is 10.5. The molecule has 0 saturated heterocycles. The quantitative estimate of drug-likeness (QED) is 0.533. The number of carboxylic acid groups (broad SMARTS) is 1. The Bertz CT molecular complexity index is 351. The van der Waals surface area contributed by atoms with E-state index in [-0.39, 0.29) is 6.42 Å². The number of carbonyl (C=O) groups is 1. The second kappa shape index (κ2) is 9.00. The van der Waals surface area contributed by atoms with E-state index in [1.807, 2.05) is 0 Å². The molecule has 2 N–H and O–H groups in total. The lowest BCUT2D eigenvalue weighted by atomic mass is 10.2. The summed E-state index contributed by atoms with van der Waals surface area (Å²) in [5.41, 5.74) is 1.29. The molecule has 0 aromatic heterocycles. The van der Waals surface area contributed by atoms with Crippen LogP contribution in [0.3, 0.4) is 0 Å². The van der Waals surface area contributed by atoms with E-state index in [1.54, 1.807) is 11.8 Å². The summed E-state index contributed by atoms with van der Waals surface area (Å²) < 4.78 is 0. The van der Waals surface area contributed by atoms with Gasteiger partial charge in [0.2, 0.25) is 0 Å². The summed E-state index contributed by atoms with van der Waals surface area (Å²) in [5, 5.41) is 11.9. The second-order valence-electron chi connectivity index (χ2n) is 4.23. The highest BCUT2D eigenvalue weighted by Crippen LogP contribution is 2.14. The first-order valence-corrected chi connectivity index (χ1v) is 7.50. The van der Waals surface area contributed by atoms with Crippen LogP contribution in [0.4, 0.5) is 0 Å². The summed E-state index contributed by atoms with van der Waals surface area (Å²) in [7, 11) is 0. The molecule has 1 aromatic rings. The Labute approximate surface area is 113 Å². The number of thioether (sulfide) groups is 1. The lowest BCUT2D eigenvalue weighted by Crippen LogP contribution is -2.14. The monoisotopic (exact) mass is 267 g/mol. The third-order valence-electron chi connectivity index (χ3n) is 2.73. The van der Waals surface area contributed by atoms with Gasteiger partial charge in [-0.15, -0.1) is 11.8 Å². The summed E-state index contributed by atoms with van der Waals surface area (Å²) in [6.07, 6.45) is 5.15. The predicted octanol–water partition coefficient (Wildman–Crippen LogP) is 3.14. The predicted molar refractivity (Wildman–Crippen MR) is 76.0 cm³/mol. The van der Waals surface area contributed by atoms with Crippen molar-refractivity contribution in [3.05, 3.63) is 29.8 Å². The zero-order chi connectivity index (χ0) is 13.2. The molecule has 0 atom stereocenters. The van der Waals surface area contributed by atoms with Crippen molar-refractivity contribution >= 4 is 17.7 Å². The van der Waals surface area contributed by atoms with E-state index in [0.717, 1.165) is 32.4 Å². The number of aliphatic carboxylic acids is 1. The van der Waals surface area contributed by atoms with E-state index in [1.165, 1.54) is 10.5 Å². The average molecular weight is 267 g/mol. The first-order chi connectivity index (χ1) is 8.72. The third kappa shape index (κ3) is 6.67. The van der Waals surface area contributed by atoms with E-state index in [0.29, 0.717) is 0 Å². The van der Waals surface area contributed by atoms with Gasteiger partial charge >= 0.3 is 5.97 Å². The minimum Gasteiger partial charge on any atom is -0.481 e. The van der Waals surface area contributed by atoms with Crippen molar-refractivity contribution in [1.29, 1.82) is 0 Å². The Morgan fingerprint density at radius 2 is 1.94 bits per heavy atom. The smallest absolute Gasteiger partial charge is 0.303 e. The van der Waals surface area contributed by atoms with Crippen molar-refractivity contribution in [3.63, 3.8) is 0 Å². The maximum Gasteiger partial charge on any atom is 0.303 e. The SMILES string of the molecule is CSc1ccc(CNCCCCCC(=O)O)cc1. The van der Waals surface area contributed by atoms with Crippen LogP contribution < -0.4 is 5.32 Å². The van der Waals surface area contributed by atoms with E-state index in [9.17, 15) is 4.79 Å². The number of hydrogen-bond acceptors (Lipinski definition) is 3. The van der Waals surface area contributed by atoms with Gasteiger partial charge in [0.1, 0.15) is 0 Å². The van der Waals surface area contributed by atoms with Crippen LogP contribution >= 0.6 is 11.8 Å². The molecular formula is C14H21NO2S. The summed E-state index contributed by atoms with van der Waals surface area (Å²) in [4.78, 5) is 11.6. The molecule has 0 fully saturated rings. The van der Waals surface area contributed by atoms with Crippen molar-refractivity contribution in [2.75, 3.05) is 12.8 Å². The highest BCUT2D eigenvalue weighted by atomic mass is 32.2. The molecule has 1 rings (SSSR count). The fourth-order valence-electron chi connectivity index (χ4n) is 1.68. The molecule has 0 heterocycles. The first kappa shape index (κ1) is 15.1. The van der Waals surface area contributed by atoms with Gasteiger partial charge in [-0.2, -0.15) is 0 Å². The highest BCUT2D eigenvalue weighted by molar-refractivity contribution is 7.98. The van der Waals surface area contributed by atoms with Crippen LogP contribution in [0.5, 0.6) is 0 Å². The molecule has 3 nitrogen and oxygen atoms in total. The van der Waals surface area contributed by atoms with Crippen molar-refractivity contribution in [2.24, 2.45) is 0 Å². The van der Waals surface area contributed by atoms with Crippen LogP contribution in [0.2, 0.25) is 0 Å². The number of nitrogens with one attached hydrogen (secondary N) is 1. The minimum atomic E-state index is -0.697. The zero-order valence-electron chi connectivity index (χ0n) is 10.8. The highest BCUT2D eigenvalue weighted by Gasteiger charge is 1.97. The molecule has 0 aliphatic carbocycles. The third-order valence-corrected chi connectivity index (χ3v) is 3.48. The molecule has 18 heavy (non-hydrogen) atoms. The van der Waals surface area contributed by atoms with Gasteiger partial charge in [0.15, 0.2) is 0 Å². The topological polar surface area (TPSA) is 49.3 Å². The molecule has 0 spiro atoms. The Balaban J connectivity index is 2.05. The van der Waals surface area contributed by atoms with Gasteiger partial charge in [-0.25, -0.2) is 0 Å². The number of carboxylic acids is 1. The lowest BCUT2D eigenvalue weighted by molar-refractivity contribution is -0.137. The fraction of sp³-hybridized carbons (Fsp3) is 0.500. The maximum atomic E-state index is 10.3. The molecule has 100 valence electrons. The Hall–Kier alpha value is -1.00. The van der Waals surface area contributed by atoms with Crippen LogP contribution in [-0.2, 0) is 11.3 Å². The molecule has 0 amide bonds. The molecular weight excluding hydrogens is 246 g/mol. The summed E-state index contributed by atoms with van der Waals surface area (Å²) in [6.45, 7) is 1.83. The van der Waals surface area contributed by atoms with Crippen molar-refractivity contribution in [3.8, 4) is 0 Å². The second-order valence-corrected chi connectivity index (χ2v) is 5.11. The van der Waals surface area contributed by atoms with E-state index in [2.05, 4.69) is 35.8 Å². The first-order valence-electron chi connectivity index (χ1n) is 6.28. The van der Waals surface area contributed by atoms with Crippen molar-refractivity contribution in [1.82, 2.24) is 5.32 Å². The average Bonchev–Trinajstić information content (AvgIpc) is 2.38. The van der Waals surface area contributed by atoms with E-state index >= 15 is 0 Å². The number of rotatable bonds is 9. The summed E-state index contributed by atoms with van der Waals surface area (Å²) in [5.74, 6) is -0.697. The van der Waals surface area contributed by atoms with Gasteiger partial charge in [-0.05, 0) is 43.3 Å². The number of benzene rings is 1. The molecule has 4 heteroatoms. The molecule has 0 bridgehead atoms. The maximum absolute atomic E-state index is 10.3. The van der Waals surface area contributed by atoms with Crippen LogP contribution in [-0.4, -0.2) is 23.9 Å². The van der Waals surface area contributed by atoms with Crippen LogP contribution in [0.1, 0.15) is 31.2 Å². The van der Waals surface area contributed by atoms with Gasteiger partial charge < -0.3 is 10.4 Å². The van der Waals surface area contributed by atoms with Gasteiger partial charge in [0.25, 0.3) is 0 Å². The van der Waals surface area contributed by atoms with Gasteiger partial charge in [0, 0.05) is 17.9 Å². The van der Waals surface area contributed by atoms with Gasteiger partial charge in [-0.1, -0.05) is 18.6 Å². The fourth-order valence-corrected chi connectivity index (χ4v) is 2.09. The molecule has 1 aromatic carbocycles. The molecule has 0 saturated carbocycles. The van der Waals surface area contributed by atoms with E-state index < -0.39 is 5.97 Å². The van der Waals surface area contributed by atoms with Gasteiger partial charge in [0.05, 0.1) is 0 Å². The van der Waals surface area contributed by atoms with Crippen LogP contribution in [0, 0.1) is 0 Å². The molecule has 0 radical (unpaired) electrons. The van der Waals surface area contributed by atoms with E-state index in [4.69, 9.17) is 5.11 Å². The Morgan fingerprint density at radius 3 is 2.56 bits per heavy atom. The largest absolute Gasteiger partial charge is 0.481 e. The Morgan fingerprint density at radius 1 is 1.22 bits per heavy atom. The van der Waals surface area contributed by atoms with Crippen LogP contribution in [0.15, 0.2) is 29.2 Å². The standard InChI is InChI=1S/C14H21NO2S/c1-18-13-8-6-12(7-9-13)11-15-10-4-2-3-5-14(16)17/h6-9,15H,2-5,10-11H2,1H3,(H,16,17). The van der Waals surface area contributed by atoms with Crippen molar-refractivity contribution < 1.29 is 9.90 Å². The zero-order valence-corrected chi connectivity index (χ0v) is 11.6. The Kier molecular flexibility index (Phi) is 7.53. The minimum absolute atomic E-state index is 0.288. The van der Waals surface area contributed by atoms with Gasteiger partial charge in [-0.3, -0.25) is 4.79 Å². The molecule has 0 aliphatic heterocycles. The van der Waals surface area contributed by atoms with Crippen LogP contribution in [0.25, 0.3) is 0 Å². The lowest BCUT2D eigenvalue weighted by Gasteiger charge is -2.05.